The van der Waals surface area contributed by atoms with E-state index in [9.17, 15) is 0 Å². The van der Waals surface area contributed by atoms with Crippen LogP contribution in [0, 0.1) is 0 Å². The molecule has 0 aliphatic carbocycles. The van der Waals surface area contributed by atoms with Crippen LogP contribution in [-0.4, -0.2) is 14.9 Å². The Hall–Kier alpha value is -1.68. The first-order valence-corrected chi connectivity index (χ1v) is 12.1. The molecule has 27 heavy (non-hydrogen) atoms. The summed E-state index contributed by atoms with van der Waals surface area (Å²) < 4.78 is 8.04. The zero-order chi connectivity index (χ0) is 19.3. The van der Waals surface area contributed by atoms with Gasteiger partial charge in [0, 0.05) is 11.1 Å². The summed E-state index contributed by atoms with van der Waals surface area (Å²) in [5.41, 5.74) is 1.30. The van der Waals surface area contributed by atoms with Crippen molar-refractivity contribution in [2.45, 2.75) is 32.2 Å². The average molecular weight is 439 g/mol. The summed E-state index contributed by atoms with van der Waals surface area (Å²) in [6.07, 6.45) is 0.914. The first-order chi connectivity index (χ1) is 12.9. The lowest BCUT2D eigenvalue weighted by atomic mass is 10.2. The maximum atomic E-state index is 6.93. The molecule has 3 aromatic carbocycles. The molecule has 0 saturated heterocycles. The Morgan fingerprint density at radius 1 is 0.741 bits per heavy atom. The molecule has 0 bridgehead atoms. The summed E-state index contributed by atoms with van der Waals surface area (Å²) in [7, 11) is -2.42. The van der Waals surface area contributed by atoms with Crippen LogP contribution >= 0.6 is 15.9 Å². The van der Waals surface area contributed by atoms with Crippen molar-refractivity contribution in [3.63, 3.8) is 0 Å². The van der Waals surface area contributed by atoms with Crippen LogP contribution in [0.1, 0.15) is 26.3 Å². The smallest absolute Gasteiger partial charge is 0.261 e. The number of halogens is 1. The van der Waals surface area contributed by atoms with E-state index in [1.165, 1.54) is 15.9 Å². The SMILES string of the molecule is CC(C)(C)[Si](OCCc1ccc(Br)cc1)(c1ccccc1)c1ccccc1. The normalized spacial score (nSPS) is 12.1. The van der Waals surface area contributed by atoms with Gasteiger partial charge in [0.2, 0.25) is 0 Å². The van der Waals surface area contributed by atoms with Crippen molar-refractivity contribution in [2.75, 3.05) is 6.61 Å². The quantitative estimate of drug-likeness (QED) is 0.457. The third kappa shape index (κ3) is 4.42. The maximum Gasteiger partial charge on any atom is 0.261 e. The molecule has 0 amide bonds. The minimum atomic E-state index is -2.42. The largest absolute Gasteiger partial charge is 0.407 e. The van der Waals surface area contributed by atoms with Crippen molar-refractivity contribution in [3.8, 4) is 0 Å². The molecule has 1 nitrogen and oxygen atoms in total. The molecule has 0 saturated carbocycles. The van der Waals surface area contributed by atoms with Crippen LogP contribution in [0.5, 0.6) is 0 Å². The molecule has 0 aliphatic heterocycles. The Morgan fingerprint density at radius 2 is 1.22 bits per heavy atom. The fourth-order valence-corrected chi connectivity index (χ4v) is 8.56. The van der Waals surface area contributed by atoms with Gasteiger partial charge in [0.15, 0.2) is 0 Å². The standard InChI is InChI=1S/C24H27BrOSi/c1-24(2,3)27(22-10-6-4-7-11-22,23-12-8-5-9-13-23)26-19-18-20-14-16-21(25)17-15-20/h4-17H,18-19H2,1-3H3. The van der Waals surface area contributed by atoms with Gasteiger partial charge in [-0.2, -0.15) is 0 Å². The van der Waals surface area contributed by atoms with Gasteiger partial charge in [-0.15, -0.1) is 0 Å². The molecule has 0 fully saturated rings. The lowest BCUT2D eigenvalue weighted by molar-refractivity contribution is 0.302. The molecule has 3 heteroatoms. The fraction of sp³-hybridized carbons (Fsp3) is 0.250. The average Bonchev–Trinajstić information content (AvgIpc) is 2.67. The molecule has 0 aliphatic rings. The maximum absolute atomic E-state index is 6.93. The van der Waals surface area contributed by atoms with E-state index >= 15 is 0 Å². The number of hydrogen-bond donors (Lipinski definition) is 0. The molecule has 0 unspecified atom stereocenters. The van der Waals surface area contributed by atoms with Crippen LogP contribution < -0.4 is 10.4 Å². The topological polar surface area (TPSA) is 9.23 Å². The van der Waals surface area contributed by atoms with Gasteiger partial charge in [0.05, 0.1) is 0 Å². The van der Waals surface area contributed by atoms with Crippen LogP contribution in [0.2, 0.25) is 5.04 Å². The molecule has 0 spiro atoms. The molecule has 140 valence electrons. The van der Waals surface area contributed by atoms with Gasteiger partial charge >= 0.3 is 0 Å². The summed E-state index contributed by atoms with van der Waals surface area (Å²) in [5.74, 6) is 0. The molecule has 0 radical (unpaired) electrons. The van der Waals surface area contributed by atoms with Crippen molar-refractivity contribution in [1.29, 1.82) is 0 Å². The minimum absolute atomic E-state index is 0.0232. The highest BCUT2D eigenvalue weighted by Crippen LogP contribution is 2.36. The van der Waals surface area contributed by atoms with E-state index in [-0.39, 0.29) is 5.04 Å². The molecule has 0 N–H and O–H groups in total. The van der Waals surface area contributed by atoms with Gasteiger partial charge in [0.1, 0.15) is 0 Å². The van der Waals surface area contributed by atoms with E-state index in [1.807, 2.05) is 0 Å². The van der Waals surface area contributed by atoms with Gasteiger partial charge in [0.25, 0.3) is 8.32 Å². The molecule has 3 aromatic rings. The van der Waals surface area contributed by atoms with E-state index in [2.05, 4.69) is 122 Å². The Kier molecular flexibility index (Phi) is 6.35. The van der Waals surface area contributed by atoms with E-state index in [0.29, 0.717) is 0 Å². The Morgan fingerprint density at radius 3 is 1.67 bits per heavy atom. The second-order valence-electron chi connectivity index (χ2n) is 7.89. The van der Waals surface area contributed by atoms with Crippen molar-refractivity contribution in [2.24, 2.45) is 0 Å². The summed E-state index contributed by atoms with van der Waals surface area (Å²) in [4.78, 5) is 0. The number of benzene rings is 3. The zero-order valence-electron chi connectivity index (χ0n) is 16.3. The van der Waals surface area contributed by atoms with Gasteiger partial charge in [-0.25, -0.2) is 0 Å². The van der Waals surface area contributed by atoms with Crippen LogP contribution in [0.15, 0.2) is 89.4 Å². The van der Waals surface area contributed by atoms with E-state index in [4.69, 9.17) is 4.43 Å². The lowest BCUT2D eigenvalue weighted by Gasteiger charge is -2.43. The number of rotatable bonds is 6. The Labute approximate surface area is 172 Å². The summed E-state index contributed by atoms with van der Waals surface area (Å²) in [6, 6.07) is 30.2. The zero-order valence-corrected chi connectivity index (χ0v) is 18.9. The van der Waals surface area contributed by atoms with E-state index < -0.39 is 8.32 Å². The summed E-state index contributed by atoms with van der Waals surface area (Å²) >= 11 is 3.51. The third-order valence-electron chi connectivity index (χ3n) is 5.04. The molecular weight excluding hydrogens is 412 g/mol. The predicted octanol–water partition coefficient (Wildman–Crippen LogP) is 5.57. The third-order valence-corrected chi connectivity index (χ3v) is 10.6. The van der Waals surface area contributed by atoms with E-state index in [0.717, 1.165) is 17.5 Å². The van der Waals surface area contributed by atoms with Crippen molar-refractivity contribution in [1.82, 2.24) is 0 Å². The van der Waals surface area contributed by atoms with Crippen LogP contribution in [0.25, 0.3) is 0 Å². The molecule has 0 atom stereocenters. The second-order valence-corrected chi connectivity index (χ2v) is 13.1. The highest BCUT2D eigenvalue weighted by molar-refractivity contribution is 9.10. The molecule has 3 rings (SSSR count). The first kappa shape index (κ1) is 20.1. The van der Waals surface area contributed by atoms with Gasteiger partial charge < -0.3 is 4.43 Å². The molecule has 0 aromatic heterocycles. The van der Waals surface area contributed by atoms with Crippen LogP contribution in [0.4, 0.5) is 0 Å². The lowest BCUT2D eigenvalue weighted by Crippen LogP contribution is -2.66. The number of hydrogen-bond acceptors (Lipinski definition) is 1. The fourth-order valence-electron chi connectivity index (χ4n) is 3.73. The van der Waals surface area contributed by atoms with Crippen LogP contribution in [0.3, 0.4) is 0 Å². The minimum Gasteiger partial charge on any atom is -0.407 e. The molecular formula is C24H27BrOSi. The first-order valence-electron chi connectivity index (χ1n) is 9.43. The second kappa shape index (κ2) is 8.55. The summed E-state index contributed by atoms with van der Waals surface area (Å²) in [5, 5.41) is 2.69. The van der Waals surface area contributed by atoms with E-state index in [1.54, 1.807) is 0 Å². The predicted molar refractivity (Wildman–Crippen MR) is 121 cm³/mol. The summed E-state index contributed by atoms with van der Waals surface area (Å²) in [6.45, 7) is 7.67. The monoisotopic (exact) mass is 438 g/mol. The van der Waals surface area contributed by atoms with Crippen molar-refractivity contribution in [3.05, 3.63) is 95.0 Å². The van der Waals surface area contributed by atoms with Gasteiger partial charge in [-0.3, -0.25) is 0 Å². The van der Waals surface area contributed by atoms with Crippen LogP contribution in [-0.2, 0) is 10.8 Å². The highest BCUT2D eigenvalue weighted by atomic mass is 79.9. The highest BCUT2D eigenvalue weighted by Gasteiger charge is 2.49. The van der Waals surface area contributed by atoms with Gasteiger partial charge in [-0.05, 0) is 39.5 Å². The Balaban J connectivity index is 1.97. The van der Waals surface area contributed by atoms with Crippen molar-refractivity contribution < 1.29 is 4.43 Å². The van der Waals surface area contributed by atoms with Crippen molar-refractivity contribution >= 4 is 34.6 Å². The molecule has 0 heterocycles. The van der Waals surface area contributed by atoms with Gasteiger partial charge in [-0.1, -0.05) is 109 Å². The Bertz CT molecular complexity index is 800.